The van der Waals surface area contributed by atoms with Gasteiger partial charge in [0.05, 0.1) is 5.69 Å². The molecule has 0 aliphatic carbocycles. The summed E-state index contributed by atoms with van der Waals surface area (Å²) < 4.78 is 28.8. The van der Waals surface area contributed by atoms with E-state index in [0.29, 0.717) is 6.54 Å². The van der Waals surface area contributed by atoms with Gasteiger partial charge in [-0.15, -0.1) is 0 Å². The lowest BCUT2D eigenvalue weighted by molar-refractivity contribution is -0.0493. The number of carbonyl (C=O) groups excluding carboxylic acids is 1. The van der Waals surface area contributed by atoms with Gasteiger partial charge in [0.15, 0.2) is 0 Å². The van der Waals surface area contributed by atoms with E-state index in [1.165, 1.54) is 12.1 Å². The van der Waals surface area contributed by atoms with E-state index in [2.05, 4.69) is 15.4 Å². The summed E-state index contributed by atoms with van der Waals surface area (Å²) in [5, 5.41) is 5.11. The number of para-hydroxylation sites is 2. The fourth-order valence-electron chi connectivity index (χ4n) is 1.71. The molecule has 0 spiro atoms. The molecule has 0 fully saturated rings. The van der Waals surface area contributed by atoms with E-state index in [4.69, 9.17) is 0 Å². The molecule has 0 unspecified atom stereocenters. The van der Waals surface area contributed by atoms with Gasteiger partial charge in [0.25, 0.3) is 0 Å². The first-order chi connectivity index (χ1) is 10.1. The topological polar surface area (TPSA) is 50.4 Å². The molecule has 0 aliphatic heterocycles. The molecule has 0 bridgehead atoms. The van der Waals surface area contributed by atoms with Crippen LogP contribution in [0.2, 0.25) is 0 Å². The average molecular weight is 292 g/mol. The number of urea groups is 1. The summed E-state index contributed by atoms with van der Waals surface area (Å²) in [5.41, 5.74) is 1.12. The quantitative estimate of drug-likeness (QED) is 0.884. The van der Waals surface area contributed by atoms with Gasteiger partial charge in [-0.25, -0.2) is 4.79 Å². The van der Waals surface area contributed by atoms with Crippen LogP contribution < -0.4 is 15.4 Å². The van der Waals surface area contributed by atoms with E-state index in [1.807, 2.05) is 30.3 Å². The molecule has 0 heterocycles. The standard InChI is InChI=1S/C15H14F2N2O2/c16-14(17)21-13-9-5-4-8-12(13)19-15(20)18-10-11-6-2-1-3-7-11/h1-9,14H,10H2,(H2,18,19,20). The third kappa shape index (κ3) is 4.76. The number of hydrogen-bond acceptors (Lipinski definition) is 2. The lowest BCUT2D eigenvalue weighted by Crippen LogP contribution is -2.28. The molecular weight excluding hydrogens is 278 g/mol. The molecule has 0 saturated heterocycles. The van der Waals surface area contributed by atoms with Crippen LogP contribution in [0.25, 0.3) is 0 Å². The molecule has 0 radical (unpaired) electrons. The van der Waals surface area contributed by atoms with Crippen LogP contribution in [0.5, 0.6) is 5.75 Å². The summed E-state index contributed by atoms with van der Waals surface area (Å²) in [4.78, 5) is 11.8. The van der Waals surface area contributed by atoms with Crippen molar-refractivity contribution in [3.8, 4) is 5.75 Å². The zero-order valence-corrected chi connectivity index (χ0v) is 11.1. The predicted octanol–water partition coefficient (Wildman–Crippen LogP) is 3.61. The Balaban J connectivity index is 1.93. The van der Waals surface area contributed by atoms with Crippen molar-refractivity contribution in [2.24, 2.45) is 0 Å². The number of nitrogens with one attached hydrogen (secondary N) is 2. The molecule has 6 heteroatoms. The number of ether oxygens (including phenoxy) is 1. The Morgan fingerprint density at radius 2 is 1.71 bits per heavy atom. The highest BCUT2D eigenvalue weighted by Gasteiger charge is 2.11. The van der Waals surface area contributed by atoms with Crippen LogP contribution in [0.4, 0.5) is 19.3 Å². The van der Waals surface area contributed by atoms with Gasteiger partial charge >= 0.3 is 12.6 Å². The highest BCUT2D eigenvalue weighted by Crippen LogP contribution is 2.25. The van der Waals surface area contributed by atoms with E-state index < -0.39 is 12.6 Å². The van der Waals surface area contributed by atoms with Crippen molar-refractivity contribution in [3.63, 3.8) is 0 Å². The number of benzene rings is 2. The summed E-state index contributed by atoms with van der Waals surface area (Å²) in [7, 11) is 0. The maximum Gasteiger partial charge on any atom is 0.387 e. The molecule has 0 saturated carbocycles. The average Bonchev–Trinajstić information content (AvgIpc) is 2.48. The summed E-state index contributed by atoms with van der Waals surface area (Å²) in [5.74, 6) is -0.0811. The van der Waals surface area contributed by atoms with Crippen molar-refractivity contribution in [3.05, 3.63) is 60.2 Å². The van der Waals surface area contributed by atoms with Crippen molar-refractivity contribution in [1.29, 1.82) is 0 Å². The van der Waals surface area contributed by atoms with Crippen LogP contribution in [0, 0.1) is 0 Å². The minimum absolute atomic E-state index is 0.0811. The van der Waals surface area contributed by atoms with Gasteiger partial charge < -0.3 is 15.4 Å². The number of anilines is 1. The van der Waals surface area contributed by atoms with Crippen LogP contribution in [0.1, 0.15) is 5.56 Å². The highest BCUT2D eigenvalue weighted by atomic mass is 19.3. The second-order valence-corrected chi connectivity index (χ2v) is 4.17. The lowest BCUT2D eigenvalue weighted by atomic mass is 10.2. The van der Waals surface area contributed by atoms with Gasteiger partial charge in [0.2, 0.25) is 0 Å². The van der Waals surface area contributed by atoms with Crippen molar-refractivity contribution >= 4 is 11.7 Å². The van der Waals surface area contributed by atoms with Crippen LogP contribution >= 0.6 is 0 Å². The van der Waals surface area contributed by atoms with Gasteiger partial charge in [-0.05, 0) is 17.7 Å². The molecule has 2 aromatic carbocycles. The number of carbonyl (C=O) groups is 1. The van der Waals surface area contributed by atoms with Gasteiger partial charge in [-0.2, -0.15) is 8.78 Å². The number of rotatable bonds is 5. The summed E-state index contributed by atoms with van der Waals surface area (Å²) in [6, 6.07) is 14.9. The maximum atomic E-state index is 12.3. The molecular formula is C15H14F2N2O2. The Labute approximate surface area is 120 Å². The predicted molar refractivity (Wildman–Crippen MR) is 75.4 cm³/mol. The minimum atomic E-state index is -2.94. The SMILES string of the molecule is O=C(NCc1ccccc1)Nc1ccccc1OC(F)F. The Morgan fingerprint density at radius 3 is 2.43 bits per heavy atom. The maximum absolute atomic E-state index is 12.3. The molecule has 0 aliphatic rings. The third-order valence-electron chi connectivity index (χ3n) is 2.65. The van der Waals surface area contributed by atoms with Gasteiger partial charge in [0, 0.05) is 6.54 Å². The first kappa shape index (κ1) is 14.8. The fraction of sp³-hybridized carbons (Fsp3) is 0.133. The molecule has 2 N–H and O–H groups in total. The summed E-state index contributed by atoms with van der Waals surface area (Å²) in [6.45, 7) is -2.61. The lowest BCUT2D eigenvalue weighted by Gasteiger charge is -2.12. The molecule has 0 atom stereocenters. The minimum Gasteiger partial charge on any atom is -0.433 e. The van der Waals surface area contributed by atoms with E-state index in [-0.39, 0.29) is 11.4 Å². The molecule has 2 aromatic rings. The fourth-order valence-corrected chi connectivity index (χ4v) is 1.71. The summed E-state index contributed by atoms with van der Waals surface area (Å²) in [6.07, 6.45) is 0. The van der Waals surface area contributed by atoms with Gasteiger partial charge in [0.1, 0.15) is 5.75 Å². The first-order valence-electron chi connectivity index (χ1n) is 6.28. The Hall–Kier alpha value is -2.63. The van der Waals surface area contributed by atoms with Crippen molar-refractivity contribution in [2.75, 3.05) is 5.32 Å². The molecule has 2 rings (SSSR count). The van der Waals surface area contributed by atoms with Gasteiger partial charge in [-0.3, -0.25) is 0 Å². The molecule has 2 amide bonds. The monoisotopic (exact) mass is 292 g/mol. The van der Waals surface area contributed by atoms with Crippen molar-refractivity contribution in [1.82, 2.24) is 5.32 Å². The number of halogens is 2. The second-order valence-electron chi connectivity index (χ2n) is 4.17. The molecule has 0 aromatic heterocycles. The van der Waals surface area contributed by atoms with Crippen LogP contribution in [0.3, 0.4) is 0 Å². The van der Waals surface area contributed by atoms with Crippen molar-refractivity contribution in [2.45, 2.75) is 13.2 Å². The van der Waals surface area contributed by atoms with E-state index in [1.54, 1.807) is 12.1 Å². The molecule has 110 valence electrons. The second kappa shape index (κ2) is 7.23. The van der Waals surface area contributed by atoms with Crippen LogP contribution in [0.15, 0.2) is 54.6 Å². The third-order valence-corrected chi connectivity index (χ3v) is 2.65. The number of amides is 2. The zero-order chi connectivity index (χ0) is 15.1. The number of hydrogen-bond donors (Lipinski definition) is 2. The zero-order valence-electron chi connectivity index (χ0n) is 11.1. The first-order valence-corrected chi connectivity index (χ1v) is 6.28. The van der Waals surface area contributed by atoms with Crippen LogP contribution in [-0.2, 0) is 6.54 Å². The van der Waals surface area contributed by atoms with E-state index >= 15 is 0 Å². The molecule has 4 nitrogen and oxygen atoms in total. The summed E-state index contributed by atoms with van der Waals surface area (Å²) >= 11 is 0. The van der Waals surface area contributed by atoms with Gasteiger partial charge in [-0.1, -0.05) is 42.5 Å². The Bertz CT molecular complexity index is 591. The largest absolute Gasteiger partial charge is 0.433 e. The Morgan fingerprint density at radius 1 is 1.05 bits per heavy atom. The van der Waals surface area contributed by atoms with Crippen molar-refractivity contribution < 1.29 is 18.3 Å². The smallest absolute Gasteiger partial charge is 0.387 e. The molecule has 21 heavy (non-hydrogen) atoms. The van der Waals surface area contributed by atoms with E-state index in [0.717, 1.165) is 5.56 Å². The normalized spacial score (nSPS) is 10.2. The Kier molecular flexibility index (Phi) is 5.09. The van der Waals surface area contributed by atoms with Crippen LogP contribution in [-0.4, -0.2) is 12.6 Å². The van der Waals surface area contributed by atoms with E-state index in [9.17, 15) is 13.6 Å². The highest BCUT2D eigenvalue weighted by molar-refractivity contribution is 5.90. The number of alkyl halides is 2.